The number of carbonyl (C=O) groups excluding carboxylic acids is 1. The van der Waals surface area contributed by atoms with Crippen LogP contribution in [0.15, 0.2) is 54.7 Å². The van der Waals surface area contributed by atoms with Gasteiger partial charge in [0.15, 0.2) is 0 Å². The minimum atomic E-state index is -0.326. The Kier molecular flexibility index (Phi) is 7.19. The predicted octanol–water partition coefficient (Wildman–Crippen LogP) is 3.76. The fourth-order valence-corrected chi connectivity index (χ4v) is 3.21. The van der Waals surface area contributed by atoms with Crippen molar-refractivity contribution in [2.24, 2.45) is 0 Å². The lowest BCUT2D eigenvalue weighted by atomic mass is 10.1. The van der Waals surface area contributed by atoms with Crippen LogP contribution in [0.4, 0.5) is 4.39 Å². The highest BCUT2D eigenvalue weighted by Gasteiger charge is 2.19. The Balaban J connectivity index is 1.92. The number of aromatic nitrogens is 2. The van der Waals surface area contributed by atoms with Crippen LogP contribution in [0.25, 0.3) is 16.9 Å². The highest BCUT2D eigenvalue weighted by Crippen LogP contribution is 2.27. The van der Waals surface area contributed by atoms with Gasteiger partial charge in [0.2, 0.25) is 0 Å². The number of hydrogen-bond acceptors (Lipinski definition) is 4. The second-order valence-corrected chi connectivity index (χ2v) is 6.83. The molecular weight excluding hydrogens is 383 g/mol. The van der Waals surface area contributed by atoms with Crippen LogP contribution in [-0.2, 0) is 0 Å². The van der Waals surface area contributed by atoms with Crippen molar-refractivity contribution in [2.75, 3.05) is 33.3 Å². The molecule has 0 saturated carbocycles. The van der Waals surface area contributed by atoms with Crippen LogP contribution in [-0.4, -0.2) is 53.9 Å². The largest absolute Gasteiger partial charge is 0.497 e. The molecular formula is C23H27FN4O2. The van der Waals surface area contributed by atoms with Gasteiger partial charge in [-0.1, -0.05) is 26.0 Å². The maximum Gasteiger partial charge on any atom is 0.255 e. The molecule has 0 aliphatic rings. The van der Waals surface area contributed by atoms with E-state index < -0.39 is 0 Å². The molecule has 1 N–H and O–H groups in total. The number of benzene rings is 2. The first-order valence-corrected chi connectivity index (χ1v) is 10.1. The van der Waals surface area contributed by atoms with Gasteiger partial charge < -0.3 is 15.0 Å². The summed E-state index contributed by atoms with van der Waals surface area (Å²) in [5, 5.41) is 7.61. The number of amides is 1. The second kappa shape index (κ2) is 10.0. The van der Waals surface area contributed by atoms with Gasteiger partial charge >= 0.3 is 0 Å². The third-order valence-corrected chi connectivity index (χ3v) is 5.00. The normalized spacial score (nSPS) is 11.0. The number of nitrogens with one attached hydrogen (secondary N) is 1. The first-order valence-electron chi connectivity index (χ1n) is 10.1. The third kappa shape index (κ3) is 5.04. The molecule has 1 heterocycles. The fraction of sp³-hybridized carbons (Fsp3) is 0.304. The molecule has 1 amide bonds. The van der Waals surface area contributed by atoms with Gasteiger partial charge in [-0.25, -0.2) is 9.07 Å². The number of methoxy groups -OCH3 is 1. The van der Waals surface area contributed by atoms with E-state index in [4.69, 9.17) is 4.74 Å². The maximum absolute atomic E-state index is 13.3. The van der Waals surface area contributed by atoms with Crippen LogP contribution >= 0.6 is 0 Å². The number of likely N-dealkylation sites (N-methyl/N-ethyl adjacent to an activating group) is 1. The molecule has 0 atom stereocenters. The molecule has 0 saturated heterocycles. The van der Waals surface area contributed by atoms with Crippen molar-refractivity contribution in [2.45, 2.75) is 13.8 Å². The average Bonchev–Trinajstić information content (AvgIpc) is 3.23. The molecule has 30 heavy (non-hydrogen) atoms. The smallest absolute Gasteiger partial charge is 0.255 e. The summed E-state index contributed by atoms with van der Waals surface area (Å²) in [6.07, 6.45) is 1.68. The lowest BCUT2D eigenvalue weighted by Crippen LogP contribution is -2.34. The van der Waals surface area contributed by atoms with Gasteiger partial charge in [0, 0.05) is 24.8 Å². The molecule has 0 aliphatic heterocycles. The van der Waals surface area contributed by atoms with E-state index in [1.807, 2.05) is 24.3 Å². The summed E-state index contributed by atoms with van der Waals surface area (Å²) in [6.45, 7) is 7.38. The second-order valence-electron chi connectivity index (χ2n) is 6.83. The highest BCUT2D eigenvalue weighted by molar-refractivity contribution is 6.00. The summed E-state index contributed by atoms with van der Waals surface area (Å²) >= 11 is 0. The van der Waals surface area contributed by atoms with Crippen molar-refractivity contribution in [3.8, 4) is 22.7 Å². The summed E-state index contributed by atoms with van der Waals surface area (Å²) in [5.41, 5.74) is 2.43. The Morgan fingerprint density at radius 1 is 1.17 bits per heavy atom. The minimum absolute atomic E-state index is 0.201. The lowest BCUT2D eigenvalue weighted by molar-refractivity contribution is 0.0949. The zero-order valence-corrected chi connectivity index (χ0v) is 17.6. The molecule has 3 aromatic rings. The van der Waals surface area contributed by atoms with Gasteiger partial charge in [-0.2, -0.15) is 5.10 Å². The molecule has 6 nitrogen and oxygen atoms in total. The zero-order valence-electron chi connectivity index (χ0n) is 17.6. The van der Waals surface area contributed by atoms with Crippen LogP contribution in [0.3, 0.4) is 0 Å². The Bertz CT molecular complexity index is 981. The van der Waals surface area contributed by atoms with E-state index in [1.165, 1.54) is 12.1 Å². The van der Waals surface area contributed by atoms with Crippen LogP contribution < -0.4 is 10.1 Å². The van der Waals surface area contributed by atoms with Crippen molar-refractivity contribution in [3.63, 3.8) is 0 Å². The number of nitrogens with zero attached hydrogens (tertiary/aromatic N) is 3. The number of ether oxygens (including phenoxy) is 1. The lowest BCUT2D eigenvalue weighted by Gasteiger charge is -2.17. The topological polar surface area (TPSA) is 59.4 Å². The van der Waals surface area contributed by atoms with Gasteiger partial charge in [-0.3, -0.25) is 4.79 Å². The van der Waals surface area contributed by atoms with Crippen molar-refractivity contribution in [1.82, 2.24) is 20.0 Å². The van der Waals surface area contributed by atoms with E-state index in [0.29, 0.717) is 29.2 Å². The SMILES string of the molecule is CCN(CC)CCNC(=O)c1cn(-c2ccc(F)cc2)nc1-c1cccc(OC)c1. The Morgan fingerprint density at radius 2 is 1.90 bits per heavy atom. The Morgan fingerprint density at radius 3 is 2.57 bits per heavy atom. The summed E-state index contributed by atoms with van der Waals surface area (Å²) < 4.78 is 20.2. The standard InChI is InChI=1S/C23H27FN4O2/c1-4-27(5-2)14-13-25-23(29)21-16-28(19-11-9-18(24)10-12-19)26-22(21)17-7-6-8-20(15-17)30-3/h6-12,15-16H,4-5,13-14H2,1-3H3,(H,25,29). The van der Waals surface area contributed by atoms with E-state index in [9.17, 15) is 9.18 Å². The molecule has 0 bridgehead atoms. The van der Waals surface area contributed by atoms with Gasteiger partial charge in [0.25, 0.3) is 5.91 Å². The molecule has 2 aromatic carbocycles. The quantitative estimate of drug-likeness (QED) is 0.584. The fourth-order valence-electron chi connectivity index (χ4n) is 3.21. The average molecular weight is 410 g/mol. The molecule has 1 aromatic heterocycles. The van der Waals surface area contributed by atoms with E-state index >= 15 is 0 Å². The predicted molar refractivity (Wildman–Crippen MR) is 116 cm³/mol. The van der Waals surface area contributed by atoms with Gasteiger partial charge in [0.05, 0.1) is 18.4 Å². The number of carbonyl (C=O) groups is 1. The molecule has 0 radical (unpaired) electrons. The van der Waals surface area contributed by atoms with Crippen molar-refractivity contribution >= 4 is 5.91 Å². The minimum Gasteiger partial charge on any atom is -0.497 e. The zero-order chi connectivity index (χ0) is 21.5. The first-order chi connectivity index (χ1) is 14.5. The molecule has 0 aliphatic carbocycles. The summed E-state index contributed by atoms with van der Waals surface area (Å²) in [6, 6.07) is 13.4. The number of rotatable bonds is 9. The number of hydrogen-bond donors (Lipinski definition) is 1. The monoisotopic (exact) mass is 410 g/mol. The van der Waals surface area contributed by atoms with Crippen LogP contribution in [0.5, 0.6) is 5.75 Å². The first kappa shape index (κ1) is 21.5. The van der Waals surface area contributed by atoms with E-state index in [2.05, 4.69) is 29.2 Å². The molecule has 7 heteroatoms. The maximum atomic E-state index is 13.3. The molecule has 158 valence electrons. The highest BCUT2D eigenvalue weighted by atomic mass is 19.1. The van der Waals surface area contributed by atoms with Crippen molar-refractivity contribution in [3.05, 3.63) is 66.1 Å². The molecule has 0 unspecified atom stereocenters. The Labute approximate surface area is 176 Å². The molecule has 0 spiro atoms. The van der Waals surface area contributed by atoms with E-state index in [1.54, 1.807) is 30.1 Å². The van der Waals surface area contributed by atoms with E-state index in [-0.39, 0.29) is 11.7 Å². The van der Waals surface area contributed by atoms with Gasteiger partial charge in [-0.05, 0) is 49.5 Å². The van der Waals surface area contributed by atoms with Crippen molar-refractivity contribution < 1.29 is 13.9 Å². The molecule has 0 fully saturated rings. The summed E-state index contributed by atoms with van der Waals surface area (Å²) in [4.78, 5) is 15.2. The van der Waals surface area contributed by atoms with Crippen LogP contribution in [0.1, 0.15) is 24.2 Å². The van der Waals surface area contributed by atoms with Crippen LogP contribution in [0, 0.1) is 5.82 Å². The van der Waals surface area contributed by atoms with Gasteiger partial charge in [-0.15, -0.1) is 0 Å². The van der Waals surface area contributed by atoms with Crippen molar-refractivity contribution in [1.29, 1.82) is 0 Å². The summed E-state index contributed by atoms with van der Waals surface area (Å²) in [7, 11) is 1.59. The number of halogens is 1. The van der Waals surface area contributed by atoms with Gasteiger partial charge in [0.1, 0.15) is 17.3 Å². The third-order valence-electron chi connectivity index (χ3n) is 5.00. The van der Waals surface area contributed by atoms with Crippen LogP contribution in [0.2, 0.25) is 0 Å². The molecule has 3 rings (SSSR count). The Hall–Kier alpha value is -3.19. The summed E-state index contributed by atoms with van der Waals surface area (Å²) in [5.74, 6) is 0.151. The van der Waals surface area contributed by atoms with E-state index in [0.717, 1.165) is 25.2 Å².